The van der Waals surface area contributed by atoms with Crippen molar-refractivity contribution in [2.24, 2.45) is 5.92 Å². The van der Waals surface area contributed by atoms with Crippen LogP contribution in [0.4, 0.5) is 0 Å². The van der Waals surface area contributed by atoms with Crippen molar-refractivity contribution in [2.45, 2.75) is 51.1 Å². The van der Waals surface area contributed by atoms with Crippen molar-refractivity contribution < 1.29 is 18.0 Å². The van der Waals surface area contributed by atoms with E-state index in [1.165, 1.54) is 11.2 Å². The molecule has 3 fully saturated rings. The minimum absolute atomic E-state index is 0.0126. The molecule has 0 N–H and O–H groups in total. The standard InChI is InChI=1S/C21H28BrN3O4S/c1-15(26)19-8-4-11-24(19)21(27)17-6-3-10-23(14-17)30(28,29)25-12-9-20(25)16-5-2-7-18(22)13-16/h2,5,7,13,17,19-20H,3-4,6,8-12,14H2,1H3/t17-,19+,20?/m0/s1. The fourth-order valence-electron chi connectivity index (χ4n) is 4.88. The van der Waals surface area contributed by atoms with Crippen molar-refractivity contribution in [1.82, 2.24) is 13.5 Å². The molecule has 3 atom stereocenters. The first kappa shape index (κ1) is 21.9. The monoisotopic (exact) mass is 497 g/mol. The molecule has 0 aliphatic carbocycles. The number of carbonyl (C=O) groups is 2. The highest BCUT2D eigenvalue weighted by Crippen LogP contribution is 2.38. The molecule has 0 radical (unpaired) electrons. The van der Waals surface area contributed by atoms with Gasteiger partial charge in [0.25, 0.3) is 10.2 Å². The van der Waals surface area contributed by atoms with Gasteiger partial charge < -0.3 is 4.90 Å². The molecule has 1 aromatic carbocycles. The average Bonchev–Trinajstić information content (AvgIpc) is 3.16. The summed E-state index contributed by atoms with van der Waals surface area (Å²) in [5, 5.41) is 0. The molecule has 3 heterocycles. The topological polar surface area (TPSA) is 78.0 Å². The summed E-state index contributed by atoms with van der Waals surface area (Å²) in [7, 11) is -3.64. The van der Waals surface area contributed by atoms with Gasteiger partial charge in [0.05, 0.1) is 18.0 Å². The van der Waals surface area contributed by atoms with Crippen molar-refractivity contribution in [2.75, 3.05) is 26.2 Å². The van der Waals surface area contributed by atoms with Gasteiger partial charge in [-0.2, -0.15) is 17.0 Å². The lowest BCUT2D eigenvalue weighted by Crippen LogP contribution is -2.55. The first-order valence-electron chi connectivity index (χ1n) is 10.6. The second-order valence-electron chi connectivity index (χ2n) is 8.48. The number of hydrogen-bond acceptors (Lipinski definition) is 4. The Hall–Kier alpha value is -1.29. The van der Waals surface area contributed by atoms with Gasteiger partial charge in [-0.3, -0.25) is 9.59 Å². The Bertz CT molecular complexity index is 938. The number of Topliss-reactive ketones (excluding diaryl/α,β-unsaturated/α-hetero) is 1. The maximum absolute atomic E-state index is 13.4. The zero-order valence-electron chi connectivity index (χ0n) is 17.2. The number of likely N-dealkylation sites (tertiary alicyclic amines) is 1. The van der Waals surface area contributed by atoms with Gasteiger partial charge in [-0.1, -0.05) is 28.1 Å². The third-order valence-electron chi connectivity index (χ3n) is 6.57. The number of rotatable bonds is 5. The Morgan fingerprint density at radius 1 is 1.07 bits per heavy atom. The molecule has 0 saturated carbocycles. The molecular weight excluding hydrogens is 470 g/mol. The lowest BCUT2D eigenvalue weighted by molar-refractivity contribution is -0.141. The molecule has 3 aliphatic heterocycles. The maximum Gasteiger partial charge on any atom is 0.282 e. The zero-order valence-corrected chi connectivity index (χ0v) is 19.6. The highest BCUT2D eigenvalue weighted by molar-refractivity contribution is 9.10. The van der Waals surface area contributed by atoms with Crippen LogP contribution < -0.4 is 0 Å². The van der Waals surface area contributed by atoms with Gasteiger partial charge in [0.2, 0.25) is 5.91 Å². The predicted octanol–water partition coefficient (Wildman–Crippen LogP) is 2.73. The Balaban J connectivity index is 1.47. The van der Waals surface area contributed by atoms with E-state index in [1.807, 2.05) is 24.3 Å². The number of amides is 1. The number of benzene rings is 1. The fraction of sp³-hybridized carbons (Fsp3) is 0.619. The number of piperidine rings is 1. The largest absolute Gasteiger partial charge is 0.332 e. The zero-order chi connectivity index (χ0) is 21.5. The number of carbonyl (C=O) groups excluding carboxylic acids is 2. The van der Waals surface area contributed by atoms with Crippen LogP contribution in [0, 0.1) is 5.92 Å². The van der Waals surface area contributed by atoms with Crippen LogP contribution in [0.25, 0.3) is 0 Å². The van der Waals surface area contributed by atoms with E-state index < -0.39 is 10.2 Å². The van der Waals surface area contributed by atoms with Crippen LogP contribution in [0.3, 0.4) is 0 Å². The predicted molar refractivity (Wildman–Crippen MR) is 117 cm³/mol. The molecule has 3 saturated heterocycles. The van der Waals surface area contributed by atoms with Crippen LogP contribution in [0.1, 0.15) is 50.6 Å². The van der Waals surface area contributed by atoms with Gasteiger partial charge >= 0.3 is 0 Å². The van der Waals surface area contributed by atoms with Gasteiger partial charge in [0, 0.05) is 30.7 Å². The molecule has 1 unspecified atom stereocenters. The second-order valence-corrected chi connectivity index (χ2v) is 11.3. The minimum atomic E-state index is -3.64. The quantitative estimate of drug-likeness (QED) is 0.626. The summed E-state index contributed by atoms with van der Waals surface area (Å²) in [6, 6.07) is 7.25. The van der Waals surface area contributed by atoms with E-state index in [1.54, 1.807) is 9.21 Å². The van der Waals surface area contributed by atoms with Crippen molar-refractivity contribution in [3.63, 3.8) is 0 Å². The van der Waals surface area contributed by atoms with Crippen molar-refractivity contribution >= 4 is 37.8 Å². The summed E-state index contributed by atoms with van der Waals surface area (Å²) in [6.07, 6.45) is 3.65. The fourth-order valence-corrected chi connectivity index (χ4v) is 7.20. The highest BCUT2D eigenvalue weighted by Gasteiger charge is 2.45. The van der Waals surface area contributed by atoms with E-state index in [2.05, 4.69) is 15.9 Å². The molecule has 164 valence electrons. The van der Waals surface area contributed by atoms with Gasteiger partial charge in [-0.25, -0.2) is 0 Å². The van der Waals surface area contributed by atoms with Crippen LogP contribution in [-0.4, -0.2) is 65.8 Å². The molecule has 4 rings (SSSR count). The van der Waals surface area contributed by atoms with Gasteiger partial charge in [-0.05, 0) is 56.7 Å². The molecule has 9 heteroatoms. The molecule has 0 aromatic heterocycles. The van der Waals surface area contributed by atoms with Crippen molar-refractivity contribution in [3.8, 4) is 0 Å². The number of hydrogen-bond donors (Lipinski definition) is 0. The smallest absolute Gasteiger partial charge is 0.282 e. The lowest BCUT2D eigenvalue weighted by Gasteiger charge is -2.44. The van der Waals surface area contributed by atoms with E-state index >= 15 is 0 Å². The highest BCUT2D eigenvalue weighted by atomic mass is 79.9. The molecule has 7 nitrogen and oxygen atoms in total. The third kappa shape index (κ3) is 4.09. The summed E-state index contributed by atoms with van der Waals surface area (Å²) in [4.78, 5) is 26.7. The maximum atomic E-state index is 13.4. The number of ketones is 1. The average molecular weight is 498 g/mol. The normalized spacial score (nSPS) is 28.3. The molecular formula is C21H28BrN3O4S. The Kier molecular flexibility index (Phi) is 6.35. The van der Waals surface area contributed by atoms with Crippen LogP contribution in [0.5, 0.6) is 0 Å². The van der Waals surface area contributed by atoms with Gasteiger partial charge in [0.15, 0.2) is 5.78 Å². The van der Waals surface area contributed by atoms with Crippen LogP contribution in [-0.2, 0) is 19.8 Å². The third-order valence-corrected chi connectivity index (χ3v) is 9.07. The Morgan fingerprint density at radius 2 is 1.83 bits per heavy atom. The molecule has 30 heavy (non-hydrogen) atoms. The van der Waals surface area contributed by atoms with Gasteiger partial charge in [-0.15, -0.1) is 0 Å². The first-order valence-corrected chi connectivity index (χ1v) is 12.8. The van der Waals surface area contributed by atoms with Crippen LogP contribution in [0.2, 0.25) is 0 Å². The van der Waals surface area contributed by atoms with Crippen molar-refractivity contribution in [1.29, 1.82) is 0 Å². The lowest BCUT2D eigenvalue weighted by atomic mass is 9.97. The van der Waals surface area contributed by atoms with E-state index in [4.69, 9.17) is 0 Å². The second kappa shape index (κ2) is 8.68. The number of nitrogens with zero attached hydrogens (tertiary/aromatic N) is 3. The molecule has 3 aliphatic rings. The SMILES string of the molecule is CC(=O)[C@H]1CCCN1C(=O)[C@H]1CCCN(S(=O)(=O)N2CCC2c2cccc(Br)c2)C1. The van der Waals surface area contributed by atoms with Gasteiger partial charge in [0.1, 0.15) is 0 Å². The first-order chi connectivity index (χ1) is 14.3. The Labute approximate surface area is 186 Å². The summed E-state index contributed by atoms with van der Waals surface area (Å²) < 4.78 is 30.7. The summed E-state index contributed by atoms with van der Waals surface area (Å²) in [6.45, 7) is 3.24. The van der Waals surface area contributed by atoms with Crippen molar-refractivity contribution in [3.05, 3.63) is 34.3 Å². The Morgan fingerprint density at radius 3 is 2.50 bits per heavy atom. The van der Waals surface area contributed by atoms with E-state index in [0.717, 1.165) is 22.9 Å². The molecule has 0 spiro atoms. The summed E-state index contributed by atoms with van der Waals surface area (Å²) in [5.41, 5.74) is 0.977. The molecule has 1 aromatic rings. The molecule has 1 amide bonds. The van der Waals surface area contributed by atoms with E-state index in [0.29, 0.717) is 38.9 Å². The number of halogens is 1. The summed E-state index contributed by atoms with van der Waals surface area (Å²) >= 11 is 3.46. The summed E-state index contributed by atoms with van der Waals surface area (Å²) in [5.74, 6) is -0.433. The van der Waals surface area contributed by atoms with Crippen LogP contribution >= 0.6 is 15.9 Å². The van der Waals surface area contributed by atoms with Crippen LogP contribution in [0.15, 0.2) is 28.7 Å². The molecule has 0 bridgehead atoms. The van der Waals surface area contributed by atoms with E-state index in [-0.39, 0.29) is 36.2 Å². The minimum Gasteiger partial charge on any atom is -0.332 e. The van der Waals surface area contributed by atoms with E-state index in [9.17, 15) is 18.0 Å².